The summed E-state index contributed by atoms with van der Waals surface area (Å²) in [7, 11) is 0. The largest absolute Gasteiger partial charge is 0.438 e. The Morgan fingerprint density at radius 2 is 1.84 bits per heavy atom. The number of nitrogens with one attached hydrogen (secondary N) is 1. The topological polar surface area (TPSA) is 77.2 Å². The van der Waals surface area contributed by atoms with Crippen LogP contribution in [0.5, 0.6) is 11.6 Å². The predicted molar refractivity (Wildman–Crippen MR) is 121 cm³/mol. The fourth-order valence-corrected chi connectivity index (χ4v) is 4.29. The lowest BCUT2D eigenvalue weighted by molar-refractivity contribution is 0.1000. The number of aryl methyl sites for hydroxylation is 1. The Labute approximate surface area is 180 Å². The van der Waals surface area contributed by atoms with Gasteiger partial charge in [-0.15, -0.1) is 0 Å². The van der Waals surface area contributed by atoms with Gasteiger partial charge in [-0.1, -0.05) is 54.6 Å². The first-order chi connectivity index (χ1) is 15.2. The van der Waals surface area contributed by atoms with Gasteiger partial charge in [0.1, 0.15) is 5.75 Å². The molecular weight excluding hydrogens is 386 g/mol. The molecule has 1 unspecified atom stereocenters. The van der Waals surface area contributed by atoms with E-state index in [4.69, 9.17) is 10.5 Å². The first kappa shape index (κ1) is 19.3. The van der Waals surface area contributed by atoms with E-state index < -0.39 is 5.91 Å². The summed E-state index contributed by atoms with van der Waals surface area (Å²) in [5.41, 5.74) is 9.72. The van der Waals surface area contributed by atoms with Crippen LogP contribution in [0.25, 0.3) is 10.8 Å². The zero-order valence-electron chi connectivity index (χ0n) is 17.0. The fourth-order valence-electron chi connectivity index (χ4n) is 4.29. The van der Waals surface area contributed by atoms with Gasteiger partial charge in [-0.05, 0) is 47.1 Å². The molecule has 0 spiro atoms. The summed E-state index contributed by atoms with van der Waals surface area (Å²) in [6.07, 6.45) is 3.69. The number of pyridine rings is 1. The SMILES string of the molecule is NC(=O)c1ccc(Oc2cccc3c(CNC4CCc5ccccc54)cccc23)nc1. The minimum atomic E-state index is -0.508. The second-order valence-corrected chi connectivity index (χ2v) is 7.79. The summed E-state index contributed by atoms with van der Waals surface area (Å²) in [5, 5.41) is 5.90. The Balaban J connectivity index is 1.38. The quantitative estimate of drug-likeness (QED) is 0.475. The van der Waals surface area contributed by atoms with Gasteiger partial charge in [0.05, 0.1) is 5.56 Å². The van der Waals surface area contributed by atoms with Crippen LogP contribution in [-0.2, 0) is 13.0 Å². The summed E-state index contributed by atoms with van der Waals surface area (Å²) < 4.78 is 6.02. The smallest absolute Gasteiger partial charge is 0.250 e. The van der Waals surface area contributed by atoms with Crippen LogP contribution in [0.15, 0.2) is 79.0 Å². The Bertz CT molecular complexity index is 1250. The molecule has 154 valence electrons. The molecule has 3 N–H and O–H groups in total. The lowest BCUT2D eigenvalue weighted by Crippen LogP contribution is -2.18. The van der Waals surface area contributed by atoms with E-state index in [1.807, 2.05) is 12.1 Å². The molecule has 0 fully saturated rings. The minimum absolute atomic E-state index is 0.354. The Morgan fingerprint density at radius 3 is 2.68 bits per heavy atom. The molecule has 1 heterocycles. The molecule has 5 heteroatoms. The van der Waals surface area contributed by atoms with Crippen molar-refractivity contribution in [2.24, 2.45) is 5.73 Å². The molecule has 31 heavy (non-hydrogen) atoms. The highest BCUT2D eigenvalue weighted by Gasteiger charge is 2.21. The van der Waals surface area contributed by atoms with E-state index in [9.17, 15) is 4.79 Å². The van der Waals surface area contributed by atoms with Gasteiger partial charge in [0.15, 0.2) is 0 Å². The normalized spacial score (nSPS) is 15.0. The molecule has 0 saturated heterocycles. The molecule has 4 aromatic rings. The summed E-state index contributed by atoms with van der Waals surface area (Å²) in [4.78, 5) is 15.4. The molecule has 1 amide bonds. The predicted octanol–water partition coefficient (Wildman–Crippen LogP) is 4.90. The van der Waals surface area contributed by atoms with Crippen molar-refractivity contribution in [3.63, 3.8) is 0 Å². The van der Waals surface area contributed by atoms with Crippen molar-refractivity contribution < 1.29 is 9.53 Å². The van der Waals surface area contributed by atoms with E-state index in [-0.39, 0.29) is 0 Å². The molecule has 1 aliphatic carbocycles. The molecule has 1 aliphatic rings. The van der Waals surface area contributed by atoms with Crippen molar-refractivity contribution in [3.05, 3.63) is 101 Å². The standard InChI is InChI=1S/C26H23N3O2/c27-26(30)19-12-14-25(29-16-19)31-24-10-4-8-20-18(6-3-9-22(20)24)15-28-23-13-11-17-5-1-2-7-21(17)23/h1-10,12,14,16,23,28H,11,13,15H2,(H2,27,30). The zero-order valence-corrected chi connectivity index (χ0v) is 17.0. The van der Waals surface area contributed by atoms with Gasteiger partial charge in [0.2, 0.25) is 11.8 Å². The number of fused-ring (bicyclic) bond motifs is 2. The number of amides is 1. The molecule has 0 bridgehead atoms. The zero-order chi connectivity index (χ0) is 21.2. The molecule has 3 aromatic carbocycles. The van der Waals surface area contributed by atoms with Gasteiger partial charge in [0.25, 0.3) is 0 Å². The Hall–Kier alpha value is -3.70. The molecule has 1 atom stereocenters. The number of nitrogens with zero attached hydrogens (tertiary/aromatic N) is 1. The highest BCUT2D eigenvalue weighted by molar-refractivity contribution is 5.92. The number of carbonyl (C=O) groups is 1. The molecule has 5 rings (SSSR count). The monoisotopic (exact) mass is 409 g/mol. The lowest BCUT2D eigenvalue weighted by Gasteiger charge is -2.16. The average molecular weight is 409 g/mol. The number of hydrogen-bond acceptors (Lipinski definition) is 4. The maximum Gasteiger partial charge on any atom is 0.250 e. The van der Waals surface area contributed by atoms with E-state index in [0.717, 1.165) is 35.9 Å². The molecular formula is C26H23N3O2. The Morgan fingerprint density at radius 1 is 1.00 bits per heavy atom. The average Bonchev–Trinajstić information content (AvgIpc) is 3.21. The van der Waals surface area contributed by atoms with Crippen molar-refractivity contribution in [3.8, 4) is 11.6 Å². The summed E-state index contributed by atoms with van der Waals surface area (Å²) >= 11 is 0. The minimum Gasteiger partial charge on any atom is -0.438 e. The van der Waals surface area contributed by atoms with Crippen LogP contribution in [0.3, 0.4) is 0 Å². The number of aromatic nitrogens is 1. The van der Waals surface area contributed by atoms with Crippen molar-refractivity contribution in [1.29, 1.82) is 0 Å². The first-order valence-corrected chi connectivity index (χ1v) is 10.4. The van der Waals surface area contributed by atoms with Gasteiger partial charge in [-0.25, -0.2) is 4.98 Å². The van der Waals surface area contributed by atoms with Crippen molar-refractivity contribution in [2.75, 3.05) is 0 Å². The van der Waals surface area contributed by atoms with E-state index in [2.05, 4.69) is 58.8 Å². The van der Waals surface area contributed by atoms with Crippen molar-refractivity contribution >= 4 is 16.7 Å². The molecule has 1 aromatic heterocycles. The van der Waals surface area contributed by atoms with Gasteiger partial charge in [-0.3, -0.25) is 4.79 Å². The molecule has 0 radical (unpaired) electrons. The summed E-state index contributed by atoms with van der Waals surface area (Å²) in [6, 6.07) is 24.6. The van der Waals surface area contributed by atoms with Crippen LogP contribution < -0.4 is 15.8 Å². The number of nitrogens with two attached hydrogens (primary N) is 1. The number of rotatable bonds is 6. The van der Waals surface area contributed by atoms with Crippen LogP contribution in [-0.4, -0.2) is 10.9 Å². The lowest BCUT2D eigenvalue weighted by atomic mass is 10.0. The molecule has 0 aliphatic heterocycles. The first-order valence-electron chi connectivity index (χ1n) is 10.4. The number of benzene rings is 3. The highest BCUT2D eigenvalue weighted by atomic mass is 16.5. The molecule has 0 saturated carbocycles. The third-order valence-electron chi connectivity index (χ3n) is 5.88. The summed E-state index contributed by atoms with van der Waals surface area (Å²) in [6.45, 7) is 0.783. The second kappa shape index (κ2) is 8.20. The van der Waals surface area contributed by atoms with Crippen LogP contribution in [0.2, 0.25) is 0 Å². The van der Waals surface area contributed by atoms with E-state index in [1.165, 1.54) is 22.9 Å². The van der Waals surface area contributed by atoms with E-state index >= 15 is 0 Å². The van der Waals surface area contributed by atoms with Gasteiger partial charge in [-0.2, -0.15) is 0 Å². The van der Waals surface area contributed by atoms with Gasteiger partial charge >= 0.3 is 0 Å². The second-order valence-electron chi connectivity index (χ2n) is 7.79. The van der Waals surface area contributed by atoms with Crippen LogP contribution in [0, 0.1) is 0 Å². The number of carbonyl (C=O) groups excluding carboxylic acids is 1. The van der Waals surface area contributed by atoms with Crippen LogP contribution in [0.1, 0.15) is 39.5 Å². The maximum atomic E-state index is 11.2. The highest BCUT2D eigenvalue weighted by Crippen LogP contribution is 2.33. The fraction of sp³-hybridized carbons (Fsp3) is 0.154. The number of primary amides is 1. The van der Waals surface area contributed by atoms with E-state index in [0.29, 0.717) is 17.5 Å². The van der Waals surface area contributed by atoms with E-state index in [1.54, 1.807) is 12.1 Å². The van der Waals surface area contributed by atoms with Crippen LogP contribution in [0.4, 0.5) is 0 Å². The Kier molecular flexibility index (Phi) is 5.10. The third-order valence-corrected chi connectivity index (χ3v) is 5.88. The summed E-state index contributed by atoms with van der Waals surface area (Å²) in [5.74, 6) is 0.639. The number of ether oxygens (including phenoxy) is 1. The van der Waals surface area contributed by atoms with Gasteiger partial charge < -0.3 is 15.8 Å². The number of hydrogen-bond donors (Lipinski definition) is 2. The molecule has 5 nitrogen and oxygen atoms in total. The van der Waals surface area contributed by atoms with Crippen molar-refractivity contribution in [1.82, 2.24) is 10.3 Å². The third kappa shape index (κ3) is 3.88. The van der Waals surface area contributed by atoms with Crippen LogP contribution >= 0.6 is 0 Å². The van der Waals surface area contributed by atoms with Crippen molar-refractivity contribution in [2.45, 2.75) is 25.4 Å². The maximum absolute atomic E-state index is 11.2. The van der Waals surface area contributed by atoms with Gasteiger partial charge in [0, 0.05) is 30.2 Å².